The molecule has 0 bridgehead atoms. The summed E-state index contributed by atoms with van der Waals surface area (Å²) in [5, 5.41) is 3.89. The van der Waals surface area contributed by atoms with Gasteiger partial charge in [0, 0.05) is 29.1 Å². The fraction of sp³-hybridized carbons (Fsp3) is 0.333. The first kappa shape index (κ1) is 12.4. The zero-order valence-corrected chi connectivity index (χ0v) is 11.8. The van der Waals surface area contributed by atoms with Crippen LogP contribution in [0.2, 0.25) is 5.02 Å². The van der Waals surface area contributed by atoms with Gasteiger partial charge in [-0.1, -0.05) is 23.7 Å². The minimum atomic E-state index is 0.533. The molecule has 0 saturated heterocycles. The zero-order valence-electron chi connectivity index (χ0n) is 11.1. The number of hydrogen-bond donors (Lipinski definition) is 1. The van der Waals surface area contributed by atoms with Crippen LogP contribution in [-0.4, -0.2) is 17.0 Å². The van der Waals surface area contributed by atoms with Crippen molar-refractivity contribution in [1.82, 2.24) is 9.97 Å². The van der Waals surface area contributed by atoms with Gasteiger partial charge in [-0.2, -0.15) is 0 Å². The molecule has 0 amide bonds. The molecule has 4 heteroatoms. The highest BCUT2D eigenvalue weighted by Gasteiger charge is 2.28. The molecule has 3 rings (SSSR count). The van der Waals surface area contributed by atoms with Crippen LogP contribution in [0.1, 0.15) is 30.1 Å². The van der Waals surface area contributed by atoms with Crippen molar-refractivity contribution in [1.29, 1.82) is 0 Å². The summed E-state index contributed by atoms with van der Waals surface area (Å²) >= 11 is 6.08. The Labute approximate surface area is 118 Å². The van der Waals surface area contributed by atoms with Crippen molar-refractivity contribution in [2.24, 2.45) is 0 Å². The molecular weight excluding hydrogens is 258 g/mol. The van der Waals surface area contributed by atoms with Crippen LogP contribution in [0, 0.1) is 6.92 Å². The molecule has 0 spiro atoms. The van der Waals surface area contributed by atoms with E-state index in [-0.39, 0.29) is 0 Å². The summed E-state index contributed by atoms with van der Waals surface area (Å²) in [5.74, 6) is 2.39. The minimum Gasteiger partial charge on any atom is -0.373 e. The summed E-state index contributed by atoms with van der Waals surface area (Å²) in [6.07, 6.45) is 2.39. The number of hydrogen-bond acceptors (Lipinski definition) is 3. The van der Waals surface area contributed by atoms with Crippen molar-refractivity contribution >= 4 is 17.4 Å². The van der Waals surface area contributed by atoms with Crippen LogP contribution in [0.25, 0.3) is 11.3 Å². The molecule has 1 saturated carbocycles. The van der Waals surface area contributed by atoms with Gasteiger partial charge >= 0.3 is 0 Å². The number of halogens is 1. The Hall–Kier alpha value is -1.61. The second-order valence-electron chi connectivity index (χ2n) is 4.94. The van der Waals surface area contributed by atoms with E-state index >= 15 is 0 Å². The standard InChI is InChI=1S/C15H16ClN3/c1-9-13(11-4-3-5-12(16)8-11)18-15(10-6-7-10)19-14(9)17-2/h3-5,8,10H,6-7H2,1-2H3,(H,17,18,19). The Morgan fingerprint density at radius 3 is 2.68 bits per heavy atom. The molecule has 0 unspecified atom stereocenters. The van der Waals surface area contributed by atoms with Gasteiger partial charge < -0.3 is 5.32 Å². The third-order valence-electron chi connectivity index (χ3n) is 3.44. The number of benzene rings is 1. The third kappa shape index (κ3) is 2.43. The van der Waals surface area contributed by atoms with Gasteiger partial charge in [-0.05, 0) is 31.9 Å². The lowest BCUT2D eigenvalue weighted by Crippen LogP contribution is -2.04. The molecule has 1 fully saturated rings. The van der Waals surface area contributed by atoms with Crippen molar-refractivity contribution in [2.45, 2.75) is 25.7 Å². The Morgan fingerprint density at radius 1 is 1.26 bits per heavy atom. The predicted octanol–water partition coefficient (Wildman–Crippen LogP) is 4.02. The van der Waals surface area contributed by atoms with Crippen molar-refractivity contribution in [3.63, 3.8) is 0 Å². The van der Waals surface area contributed by atoms with E-state index in [0.717, 1.165) is 33.5 Å². The summed E-state index contributed by atoms with van der Waals surface area (Å²) in [6, 6.07) is 7.82. The Morgan fingerprint density at radius 2 is 2.05 bits per heavy atom. The fourth-order valence-corrected chi connectivity index (χ4v) is 2.41. The van der Waals surface area contributed by atoms with Gasteiger partial charge in [0.1, 0.15) is 11.6 Å². The molecule has 2 aromatic rings. The van der Waals surface area contributed by atoms with Crippen molar-refractivity contribution < 1.29 is 0 Å². The van der Waals surface area contributed by atoms with E-state index in [1.165, 1.54) is 12.8 Å². The second kappa shape index (κ2) is 4.82. The molecule has 1 aliphatic rings. The Balaban J connectivity index is 2.15. The molecule has 0 aliphatic heterocycles. The van der Waals surface area contributed by atoms with Gasteiger partial charge in [0.05, 0.1) is 5.69 Å². The second-order valence-corrected chi connectivity index (χ2v) is 5.38. The van der Waals surface area contributed by atoms with Gasteiger partial charge in [0.2, 0.25) is 0 Å². The molecule has 1 aromatic heterocycles. The van der Waals surface area contributed by atoms with Crippen LogP contribution in [0.5, 0.6) is 0 Å². The minimum absolute atomic E-state index is 0.533. The fourth-order valence-electron chi connectivity index (χ4n) is 2.22. The molecule has 1 aliphatic carbocycles. The quantitative estimate of drug-likeness (QED) is 0.918. The summed E-state index contributed by atoms with van der Waals surface area (Å²) < 4.78 is 0. The molecule has 3 nitrogen and oxygen atoms in total. The lowest BCUT2D eigenvalue weighted by Gasteiger charge is -2.12. The van der Waals surface area contributed by atoms with Crippen LogP contribution in [0.3, 0.4) is 0 Å². The van der Waals surface area contributed by atoms with Gasteiger partial charge in [-0.15, -0.1) is 0 Å². The molecular formula is C15H16ClN3. The highest BCUT2D eigenvalue weighted by molar-refractivity contribution is 6.30. The van der Waals surface area contributed by atoms with E-state index in [1.54, 1.807) is 0 Å². The van der Waals surface area contributed by atoms with Gasteiger partial charge in [0.25, 0.3) is 0 Å². The molecule has 1 aromatic carbocycles. The Kier molecular flexibility index (Phi) is 3.15. The maximum atomic E-state index is 6.08. The largest absolute Gasteiger partial charge is 0.373 e. The summed E-state index contributed by atoms with van der Waals surface area (Å²) in [4.78, 5) is 9.35. The van der Waals surface area contributed by atoms with E-state index in [4.69, 9.17) is 16.6 Å². The summed E-state index contributed by atoms with van der Waals surface area (Å²) in [6.45, 7) is 2.04. The molecule has 0 atom stereocenters. The maximum Gasteiger partial charge on any atom is 0.134 e. The van der Waals surface area contributed by atoms with E-state index in [9.17, 15) is 0 Å². The number of nitrogens with zero attached hydrogens (tertiary/aromatic N) is 2. The van der Waals surface area contributed by atoms with Crippen molar-refractivity contribution in [2.75, 3.05) is 12.4 Å². The lowest BCUT2D eigenvalue weighted by molar-refractivity contribution is 0.924. The highest BCUT2D eigenvalue weighted by atomic mass is 35.5. The lowest BCUT2D eigenvalue weighted by atomic mass is 10.1. The topological polar surface area (TPSA) is 37.8 Å². The van der Waals surface area contributed by atoms with Crippen molar-refractivity contribution in [3.8, 4) is 11.3 Å². The third-order valence-corrected chi connectivity index (χ3v) is 3.68. The molecule has 98 valence electrons. The number of anilines is 1. The summed E-state index contributed by atoms with van der Waals surface area (Å²) in [7, 11) is 1.90. The van der Waals surface area contributed by atoms with Crippen LogP contribution >= 0.6 is 11.6 Å². The average Bonchev–Trinajstić information content (AvgIpc) is 3.23. The monoisotopic (exact) mass is 273 g/mol. The Bertz CT molecular complexity index is 621. The number of rotatable bonds is 3. The number of aromatic nitrogens is 2. The van der Waals surface area contributed by atoms with Gasteiger partial charge in [-0.3, -0.25) is 0 Å². The van der Waals surface area contributed by atoms with E-state index < -0.39 is 0 Å². The molecule has 19 heavy (non-hydrogen) atoms. The molecule has 0 radical (unpaired) electrons. The van der Waals surface area contributed by atoms with Crippen molar-refractivity contribution in [3.05, 3.63) is 40.7 Å². The van der Waals surface area contributed by atoms with E-state index in [1.807, 2.05) is 38.2 Å². The first-order valence-electron chi connectivity index (χ1n) is 6.51. The van der Waals surface area contributed by atoms with Crippen LogP contribution in [0.15, 0.2) is 24.3 Å². The average molecular weight is 274 g/mol. The van der Waals surface area contributed by atoms with Crippen LogP contribution in [0.4, 0.5) is 5.82 Å². The first-order valence-corrected chi connectivity index (χ1v) is 6.89. The van der Waals surface area contributed by atoms with E-state index in [2.05, 4.69) is 10.3 Å². The SMILES string of the molecule is CNc1nc(C2CC2)nc(-c2cccc(Cl)c2)c1C. The maximum absolute atomic E-state index is 6.08. The number of nitrogens with one attached hydrogen (secondary N) is 1. The van der Waals surface area contributed by atoms with Crippen LogP contribution in [-0.2, 0) is 0 Å². The normalized spacial score (nSPS) is 14.5. The summed E-state index contributed by atoms with van der Waals surface area (Å²) in [5.41, 5.74) is 3.09. The smallest absolute Gasteiger partial charge is 0.134 e. The first-order chi connectivity index (χ1) is 9.19. The zero-order chi connectivity index (χ0) is 13.4. The van der Waals surface area contributed by atoms with Gasteiger partial charge in [0.15, 0.2) is 0 Å². The molecule has 1 heterocycles. The molecule has 1 N–H and O–H groups in total. The highest BCUT2D eigenvalue weighted by Crippen LogP contribution is 2.40. The van der Waals surface area contributed by atoms with E-state index in [0.29, 0.717) is 5.92 Å². The predicted molar refractivity (Wildman–Crippen MR) is 78.7 cm³/mol. The van der Waals surface area contributed by atoms with Gasteiger partial charge in [-0.25, -0.2) is 9.97 Å². The van der Waals surface area contributed by atoms with Crippen LogP contribution < -0.4 is 5.32 Å².